The molecular weight excluding hydrogens is 479 g/mol. The van der Waals surface area contributed by atoms with Crippen LogP contribution in [0.25, 0.3) is 11.0 Å². The number of nitrogens with zero attached hydrogens (tertiary/aromatic N) is 3. The summed E-state index contributed by atoms with van der Waals surface area (Å²) >= 11 is 0. The number of rotatable bonds is 5. The van der Waals surface area contributed by atoms with E-state index in [9.17, 15) is 18.0 Å². The maximum atomic E-state index is 13.4. The van der Waals surface area contributed by atoms with Crippen LogP contribution in [0.15, 0.2) is 65.6 Å². The lowest BCUT2D eigenvalue weighted by molar-refractivity contribution is -0.0507. The Morgan fingerprint density at radius 3 is 2.49 bits per heavy atom. The molecule has 0 unspecified atom stereocenters. The zero-order valence-electron chi connectivity index (χ0n) is 21.0. The van der Waals surface area contributed by atoms with Crippen LogP contribution in [-0.2, 0) is 6.54 Å². The number of hydrogen-bond donors (Lipinski definition) is 0. The SMILES string of the molecule is Cc1ccc2cc(C3CCCCC3)c(=O)n(Cc3ncccc3OC(F)F)c2n1.Cc1cccc(F)c1. The zero-order chi connectivity index (χ0) is 26.4. The van der Waals surface area contributed by atoms with Crippen LogP contribution < -0.4 is 10.3 Å². The van der Waals surface area contributed by atoms with Gasteiger partial charge in [-0.1, -0.05) is 31.4 Å². The monoisotopic (exact) mass is 509 g/mol. The average Bonchev–Trinajstić information content (AvgIpc) is 2.87. The normalized spacial score (nSPS) is 13.9. The molecule has 4 aromatic rings. The first-order valence-electron chi connectivity index (χ1n) is 12.4. The van der Waals surface area contributed by atoms with Crippen molar-refractivity contribution in [3.05, 3.63) is 99.5 Å². The Morgan fingerprint density at radius 2 is 1.81 bits per heavy atom. The predicted molar refractivity (Wildman–Crippen MR) is 138 cm³/mol. The number of benzene rings is 1. The highest BCUT2D eigenvalue weighted by atomic mass is 19.3. The summed E-state index contributed by atoms with van der Waals surface area (Å²) in [7, 11) is 0. The Bertz CT molecular complexity index is 1400. The maximum Gasteiger partial charge on any atom is 0.387 e. The molecule has 1 aliphatic rings. The van der Waals surface area contributed by atoms with Gasteiger partial charge in [0, 0.05) is 22.8 Å². The summed E-state index contributed by atoms with van der Waals surface area (Å²) in [5.74, 6) is 0.0250. The fourth-order valence-corrected chi connectivity index (χ4v) is 4.72. The van der Waals surface area contributed by atoms with Gasteiger partial charge in [0.1, 0.15) is 22.9 Å². The van der Waals surface area contributed by atoms with Crippen LogP contribution in [0.3, 0.4) is 0 Å². The first-order valence-corrected chi connectivity index (χ1v) is 12.4. The maximum absolute atomic E-state index is 13.4. The number of pyridine rings is 3. The van der Waals surface area contributed by atoms with Crippen LogP contribution in [0.5, 0.6) is 5.75 Å². The highest BCUT2D eigenvalue weighted by molar-refractivity contribution is 5.76. The lowest BCUT2D eigenvalue weighted by atomic mass is 9.84. The van der Waals surface area contributed by atoms with Crippen LogP contribution in [-0.4, -0.2) is 21.1 Å². The molecule has 8 heteroatoms. The molecule has 5 nitrogen and oxygen atoms in total. The molecule has 0 atom stereocenters. The van der Waals surface area contributed by atoms with Crippen LogP contribution in [0, 0.1) is 19.7 Å². The number of alkyl halides is 2. The summed E-state index contributed by atoms with van der Waals surface area (Å²) in [6.07, 6.45) is 6.90. The minimum atomic E-state index is -2.96. The fourth-order valence-electron chi connectivity index (χ4n) is 4.72. The van der Waals surface area contributed by atoms with Crippen molar-refractivity contribution in [2.24, 2.45) is 0 Å². The summed E-state index contributed by atoms with van der Waals surface area (Å²) in [5, 5.41) is 0.864. The molecule has 0 radical (unpaired) electrons. The number of fused-ring (bicyclic) bond motifs is 1. The molecule has 0 amide bonds. The second kappa shape index (κ2) is 12.0. The second-order valence-corrected chi connectivity index (χ2v) is 9.32. The topological polar surface area (TPSA) is 57.0 Å². The van der Waals surface area contributed by atoms with Crippen molar-refractivity contribution in [2.75, 3.05) is 0 Å². The Morgan fingerprint density at radius 1 is 1.03 bits per heavy atom. The second-order valence-electron chi connectivity index (χ2n) is 9.32. The first kappa shape index (κ1) is 26.4. The number of halogens is 3. The number of aryl methyl sites for hydroxylation is 2. The van der Waals surface area contributed by atoms with Gasteiger partial charge in [0.25, 0.3) is 5.56 Å². The van der Waals surface area contributed by atoms with E-state index in [1.807, 2.05) is 38.1 Å². The van der Waals surface area contributed by atoms with Crippen LogP contribution in [0.4, 0.5) is 13.2 Å². The van der Waals surface area contributed by atoms with Crippen molar-refractivity contribution in [1.29, 1.82) is 0 Å². The van der Waals surface area contributed by atoms with E-state index in [0.29, 0.717) is 5.65 Å². The Hall–Kier alpha value is -3.68. The highest BCUT2D eigenvalue weighted by Crippen LogP contribution is 2.32. The number of ether oxygens (including phenoxy) is 1. The first-order chi connectivity index (χ1) is 17.8. The molecule has 5 rings (SSSR count). The summed E-state index contributed by atoms with van der Waals surface area (Å²) in [5.41, 5.74) is 3.20. The molecule has 3 heterocycles. The van der Waals surface area contributed by atoms with Gasteiger partial charge >= 0.3 is 6.61 Å². The molecule has 0 saturated heterocycles. The Kier molecular flexibility index (Phi) is 8.58. The smallest absolute Gasteiger partial charge is 0.387 e. The molecule has 0 spiro atoms. The van der Waals surface area contributed by atoms with E-state index >= 15 is 0 Å². The third kappa shape index (κ3) is 6.76. The number of aromatic nitrogens is 3. The van der Waals surface area contributed by atoms with Gasteiger partial charge in [-0.2, -0.15) is 8.78 Å². The minimum Gasteiger partial charge on any atom is -0.433 e. The molecule has 37 heavy (non-hydrogen) atoms. The lowest BCUT2D eigenvalue weighted by Gasteiger charge is -2.23. The molecular formula is C29H30F3N3O2. The van der Waals surface area contributed by atoms with E-state index < -0.39 is 6.61 Å². The van der Waals surface area contributed by atoms with Gasteiger partial charge in [0.05, 0.1) is 6.54 Å². The third-order valence-corrected chi connectivity index (χ3v) is 6.50. The molecule has 3 aromatic heterocycles. The highest BCUT2D eigenvalue weighted by Gasteiger charge is 2.22. The molecule has 0 bridgehead atoms. The fraction of sp³-hybridized carbons (Fsp3) is 0.345. The summed E-state index contributed by atoms with van der Waals surface area (Å²) in [6.45, 7) is 0.786. The third-order valence-electron chi connectivity index (χ3n) is 6.50. The van der Waals surface area contributed by atoms with Crippen molar-refractivity contribution >= 4 is 11.0 Å². The summed E-state index contributed by atoms with van der Waals surface area (Å²) < 4.78 is 43.9. The lowest BCUT2D eigenvalue weighted by Crippen LogP contribution is -2.28. The van der Waals surface area contributed by atoms with E-state index in [0.717, 1.165) is 47.9 Å². The molecule has 1 aliphatic carbocycles. The van der Waals surface area contributed by atoms with E-state index in [2.05, 4.69) is 14.7 Å². The molecule has 0 aliphatic heterocycles. The quantitative estimate of drug-likeness (QED) is 0.293. The van der Waals surface area contributed by atoms with Gasteiger partial charge in [-0.15, -0.1) is 0 Å². The van der Waals surface area contributed by atoms with Crippen molar-refractivity contribution in [2.45, 2.75) is 65.0 Å². The predicted octanol–water partition coefficient (Wildman–Crippen LogP) is 6.93. The van der Waals surface area contributed by atoms with Crippen LogP contribution in [0.1, 0.15) is 60.5 Å². The molecule has 1 saturated carbocycles. The van der Waals surface area contributed by atoms with Gasteiger partial charge in [0.2, 0.25) is 0 Å². The summed E-state index contributed by atoms with van der Waals surface area (Å²) in [4.78, 5) is 22.2. The van der Waals surface area contributed by atoms with E-state index in [4.69, 9.17) is 0 Å². The Balaban J connectivity index is 0.000000342. The van der Waals surface area contributed by atoms with E-state index in [1.165, 1.54) is 36.9 Å². The molecule has 0 N–H and O–H groups in total. The molecule has 1 aromatic carbocycles. The average molecular weight is 510 g/mol. The summed E-state index contributed by atoms with van der Waals surface area (Å²) in [6, 6.07) is 15.3. The van der Waals surface area contributed by atoms with Gasteiger partial charge in [-0.05, 0) is 80.6 Å². The van der Waals surface area contributed by atoms with Gasteiger partial charge in [-0.25, -0.2) is 9.37 Å². The van der Waals surface area contributed by atoms with Crippen molar-refractivity contribution in [3.63, 3.8) is 0 Å². The molecule has 194 valence electrons. The van der Waals surface area contributed by atoms with Crippen LogP contribution in [0.2, 0.25) is 0 Å². The number of hydrogen-bond acceptors (Lipinski definition) is 4. The van der Waals surface area contributed by atoms with Crippen molar-refractivity contribution in [3.8, 4) is 5.75 Å². The molecule has 1 fully saturated rings. The standard InChI is InChI=1S/C22H23F2N3O2.C7H7F/c1-14-9-10-16-12-17(15-6-3-2-4-7-15)21(28)27(20(16)26-14)13-18-19(29-22(23)24)8-5-11-25-18;1-6-3-2-4-7(8)5-6/h5,8-12,15,22H,2-4,6-7,13H2,1H3;2-5H,1H3. The van der Waals surface area contributed by atoms with Crippen LogP contribution >= 0.6 is 0 Å². The van der Waals surface area contributed by atoms with E-state index in [-0.39, 0.29) is 35.3 Å². The Labute approximate surface area is 214 Å². The van der Waals surface area contributed by atoms with Gasteiger partial charge in [0.15, 0.2) is 0 Å². The van der Waals surface area contributed by atoms with E-state index in [1.54, 1.807) is 10.6 Å². The van der Waals surface area contributed by atoms with Crippen molar-refractivity contribution in [1.82, 2.24) is 14.5 Å². The minimum absolute atomic E-state index is 0.0231. The van der Waals surface area contributed by atoms with Gasteiger partial charge < -0.3 is 4.74 Å². The van der Waals surface area contributed by atoms with Gasteiger partial charge in [-0.3, -0.25) is 14.3 Å². The zero-order valence-corrected chi connectivity index (χ0v) is 21.0. The largest absolute Gasteiger partial charge is 0.433 e. The van der Waals surface area contributed by atoms with Crippen molar-refractivity contribution < 1.29 is 17.9 Å².